The third-order valence-electron chi connectivity index (χ3n) is 3.96. The van der Waals surface area contributed by atoms with Crippen LogP contribution in [0.15, 0.2) is 10.5 Å². The van der Waals surface area contributed by atoms with Crippen LogP contribution in [0, 0.1) is 6.92 Å². The summed E-state index contributed by atoms with van der Waals surface area (Å²) < 4.78 is 11.2. The lowest BCUT2D eigenvalue weighted by Gasteiger charge is -2.20. The first-order chi connectivity index (χ1) is 10.5. The number of ether oxygens (including phenoxy) is 1. The molecule has 1 heterocycles. The fourth-order valence-corrected chi connectivity index (χ4v) is 2.73. The molecule has 0 saturated heterocycles. The van der Waals surface area contributed by atoms with Crippen molar-refractivity contribution in [2.75, 3.05) is 0 Å². The van der Waals surface area contributed by atoms with Crippen LogP contribution in [0.1, 0.15) is 60.9 Å². The second-order valence-corrected chi connectivity index (χ2v) is 5.64. The van der Waals surface area contributed by atoms with Crippen LogP contribution >= 0.6 is 0 Å². The molecule has 1 atom stereocenters. The minimum absolute atomic E-state index is 0.124. The number of amides is 1. The number of carboxylic acids is 1. The Hall–Kier alpha value is -1.82. The van der Waals surface area contributed by atoms with Crippen molar-refractivity contribution in [3.8, 4) is 0 Å². The summed E-state index contributed by atoms with van der Waals surface area (Å²) in [6.45, 7) is 3.67. The van der Waals surface area contributed by atoms with Gasteiger partial charge in [0.2, 0.25) is 5.91 Å². The summed E-state index contributed by atoms with van der Waals surface area (Å²) in [6.07, 6.45) is 4.68. The highest BCUT2D eigenvalue weighted by Crippen LogP contribution is 2.23. The zero-order valence-corrected chi connectivity index (χ0v) is 13.1. The first-order valence-electron chi connectivity index (χ1n) is 7.77. The van der Waals surface area contributed by atoms with Gasteiger partial charge in [-0.3, -0.25) is 4.79 Å². The lowest BCUT2D eigenvalue weighted by Crippen LogP contribution is -2.37. The van der Waals surface area contributed by atoms with Gasteiger partial charge in [0.15, 0.2) is 0 Å². The van der Waals surface area contributed by atoms with E-state index in [9.17, 15) is 9.59 Å². The zero-order valence-electron chi connectivity index (χ0n) is 13.1. The molecule has 122 valence electrons. The molecule has 1 saturated carbocycles. The van der Waals surface area contributed by atoms with E-state index in [1.165, 1.54) is 6.07 Å². The molecule has 1 amide bonds. The lowest BCUT2D eigenvalue weighted by molar-refractivity contribution is -0.137. The first kappa shape index (κ1) is 16.5. The van der Waals surface area contributed by atoms with E-state index in [0.29, 0.717) is 17.9 Å². The highest BCUT2D eigenvalue weighted by atomic mass is 16.5. The fourth-order valence-electron chi connectivity index (χ4n) is 2.73. The number of rotatable bonds is 7. The molecule has 0 aliphatic heterocycles. The van der Waals surface area contributed by atoms with Crippen LogP contribution in [0.5, 0.6) is 0 Å². The maximum Gasteiger partial charge on any atom is 0.339 e. The van der Waals surface area contributed by atoms with Gasteiger partial charge < -0.3 is 19.6 Å². The molecule has 1 unspecified atom stereocenters. The average Bonchev–Trinajstić information content (AvgIpc) is 3.11. The molecule has 6 heteroatoms. The normalized spacial score (nSPS) is 16.6. The summed E-state index contributed by atoms with van der Waals surface area (Å²) in [5, 5.41) is 11.7. The highest BCUT2D eigenvalue weighted by Gasteiger charge is 2.24. The molecule has 1 aromatic rings. The Morgan fingerprint density at radius 1 is 1.45 bits per heavy atom. The topological polar surface area (TPSA) is 88.8 Å². The Balaban J connectivity index is 1.87. The van der Waals surface area contributed by atoms with Gasteiger partial charge in [-0.1, -0.05) is 19.8 Å². The van der Waals surface area contributed by atoms with Gasteiger partial charge in [0.05, 0.1) is 12.6 Å². The van der Waals surface area contributed by atoms with Gasteiger partial charge in [-0.15, -0.1) is 0 Å². The highest BCUT2D eigenvalue weighted by molar-refractivity contribution is 5.88. The molecule has 0 spiro atoms. The van der Waals surface area contributed by atoms with E-state index in [0.717, 1.165) is 25.7 Å². The number of carbonyl (C=O) groups excluding carboxylic acids is 1. The van der Waals surface area contributed by atoms with Gasteiger partial charge >= 0.3 is 5.97 Å². The van der Waals surface area contributed by atoms with E-state index in [4.69, 9.17) is 14.3 Å². The summed E-state index contributed by atoms with van der Waals surface area (Å²) >= 11 is 0. The number of hydrogen-bond acceptors (Lipinski definition) is 4. The monoisotopic (exact) mass is 309 g/mol. The van der Waals surface area contributed by atoms with Crippen LogP contribution in [0.25, 0.3) is 0 Å². The molecule has 6 nitrogen and oxygen atoms in total. The van der Waals surface area contributed by atoms with Crippen LogP contribution in [-0.2, 0) is 16.1 Å². The average molecular weight is 309 g/mol. The van der Waals surface area contributed by atoms with Crippen molar-refractivity contribution < 1.29 is 23.8 Å². The Morgan fingerprint density at radius 3 is 2.68 bits per heavy atom. The maximum atomic E-state index is 12.2. The van der Waals surface area contributed by atoms with Gasteiger partial charge in [0, 0.05) is 0 Å². The largest absolute Gasteiger partial charge is 0.478 e. The van der Waals surface area contributed by atoms with Crippen LogP contribution in [-0.4, -0.2) is 29.2 Å². The number of furan rings is 1. The third-order valence-corrected chi connectivity index (χ3v) is 3.96. The van der Waals surface area contributed by atoms with E-state index in [-0.39, 0.29) is 24.1 Å². The number of aryl methyl sites for hydroxylation is 1. The minimum Gasteiger partial charge on any atom is -0.478 e. The Bertz CT molecular complexity index is 531. The second kappa shape index (κ2) is 7.45. The standard InChI is InChI=1S/C16H23NO5/c1-3-14(22-11-6-4-5-7-11)15(18)17-9-12-8-13(16(19)20)10(2)21-12/h8,11,14H,3-7,9H2,1-2H3,(H,17,18)(H,19,20). The molecule has 0 aromatic carbocycles. The van der Waals surface area contributed by atoms with Gasteiger partial charge in [0.25, 0.3) is 0 Å². The molecule has 2 N–H and O–H groups in total. The number of hydrogen-bond donors (Lipinski definition) is 2. The molecule has 0 bridgehead atoms. The second-order valence-electron chi connectivity index (χ2n) is 5.64. The molecule has 2 rings (SSSR count). The van der Waals surface area contributed by atoms with E-state index in [1.54, 1.807) is 6.92 Å². The Kier molecular flexibility index (Phi) is 5.60. The summed E-state index contributed by atoms with van der Waals surface area (Å²) in [6, 6.07) is 1.44. The number of carboxylic acid groups (broad SMARTS) is 1. The van der Waals surface area contributed by atoms with Crippen molar-refractivity contribution in [3.63, 3.8) is 0 Å². The van der Waals surface area contributed by atoms with Gasteiger partial charge in [-0.2, -0.15) is 0 Å². The predicted molar refractivity (Wildman–Crippen MR) is 79.7 cm³/mol. The van der Waals surface area contributed by atoms with E-state index >= 15 is 0 Å². The van der Waals surface area contributed by atoms with Crippen molar-refractivity contribution in [3.05, 3.63) is 23.2 Å². The quantitative estimate of drug-likeness (QED) is 0.808. The van der Waals surface area contributed by atoms with Crippen LogP contribution in [0.2, 0.25) is 0 Å². The fraction of sp³-hybridized carbons (Fsp3) is 0.625. The van der Waals surface area contributed by atoms with Crippen molar-refractivity contribution in [2.45, 2.75) is 64.7 Å². The molecule has 0 radical (unpaired) electrons. The molecular formula is C16H23NO5. The summed E-state index contributed by atoms with van der Waals surface area (Å²) in [4.78, 5) is 23.1. The third kappa shape index (κ3) is 4.10. The van der Waals surface area contributed by atoms with Crippen molar-refractivity contribution in [1.29, 1.82) is 0 Å². The summed E-state index contributed by atoms with van der Waals surface area (Å²) in [7, 11) is 0. The van der Waals surface area contributed by atoms with Crippen LogP contribution in [0.4, 0.5) is 0 Å². The SMILES string of the molecule is CCC(OC1CCCC1)C(=O)NCc1cc(C(=O)O)c(C)o1. The maximum absolute atomic E-state index is 12.2. The first-order valence-corrected chi connectivity index (χ1v) is 7.77. The van der Waals surface area contributed by atoms with E-state index in [2.05, 4.69) is 5.32 Å². The van der Waals surface area contributed by atoms with Gasteiger partial charge in [-0.05, 0) is 32.3 Å². The van der Waals surface area contributed by atoms with Crippen molar-refractivity contribution >= 4 is 11.9 Å². The molecule has 22 heavy (non-hydrogen) atoms. The molecule has 1 aliphatic rings. The van der Waals surface area contributed by atoms with Crippen LogP contribution < -0.4 is 5.32 Å². The molecule has 1 fully saturated rings. The molecule has 1 aromatic heterocycles. The van der Waals surface area contributed by atoms with Gasteiger partial charge in [-0.25, -0.2) is 4.79 Å². The minimum atomic E-state index is -1.03. The number of aromatic carboxylic acids is 1. The van der Waals surface area contributed by atoms with Crippen molar-refractivity contribution in [2.24, 2.45) is 0 Å². The predicted octanol–water partition coefficient (Wildman–Crippen LogP) is 2.64. The van der Waals surface area contributed by atoms with Gasteiger partial charge in [0.1, 0.15) is 23.2 Å². The molecule has 1 aliphatic carbocycles. The Labute approximate surface area is 129 Å². The van der Waals surface area contributed by atoms with Crippen molar-refractivity contribution in [1.82, 2.24) is 5.32 Å². The number of carbonyl (C=O) groups is 2. The number of nitrogens with one attached hydrogen (secondary N) is 1. The van der Waals surface area contributed by atoms with E-state index < -0.39 is 12.1 Å². The summed E-state index contributed by atoms with van der Waals surface area (Å²) in [5.74, 6) is -0.444. The van der Waals surface area contributed by atoms with Crippen LogP contribution in [0.3, 0.4) is 0 Å². The summed E-state index contributed by atoms with van der Waals surface area (Å²) in [5.41, 5.74) is 0.124. The zero-order chi connectivity index (χ0) is 16.1. The molecular weight excluding hydrogens is 286 g/mol. The smallest absolute Gasteiger partial charge is 0.339 e. The lowest BCUT2D eigenvalue weighted by atomic mass is 10.2. The Morgan fingerprint density at radius 2 is 2.14 bits per heavy atom. The van der Waals surface area contributed by atoms with E-state index in [1.807, 2.05) is 6.92 Å².